The Morgan fingerprint density at radius 1 is 1.38 bits per heavy atom. The van der Waals surface area contributed by atoms with E-state index in [-0.39, 0.29) is 18.6 Å². The van der Waals surface area contributed by atoms with Gasteiger partial charge in [0.15, 0.2) is 0 Å². The summed E-state index contributed by atoms with van der Waals surface area (Å²) in [5.41, 5.74) is 5.16. The van der Waals surface area contributed by atoms with Crippen molar-refractivity contribution >= 4 is 5.91 Å². The molecule has 4 heteroatoms. The molecule has 0 aliphatic heterocycles. The maximum absolute atomic E-state index is 10.8. The van der Waals surface area contributed by atoms with Crippen molar-refractivity contribution in [2.45, 2.75) is 31.8 Å². The smallest absolute Gasteiger partial charge is 0.233 e. The molecular formula is C9H18N2O2. The van der Waals surface area contributed by atoms with E-state index in [4.69, 9.17) is 5.73 Å². The molecule has 1 aliphatic rings. The lowest BCUT2D eigenvalue weighted by molar-refractivity contribution is -0.119. The second-order valence-corrected chi connectivity index (χ2v) is 3.68. The number of hydrogen-bond acceptors (Lipinski definition) is 3. The molecule has 0 aromatic heterocycles. The zero-order valence-electron chi connectivity index (χ0n) is 7.83. The third kappa shape index (κ3) is 3.74. The van der Waals surface area contributed by atoms with Crippen LogP contribution in [0.3, 0.4) is 0 Å². The Kier molecular flexibility index (Phi) is 4.18. The van der Waals surface area contributed by atoms with Crippen LogP contribution in [0.1, 0.15) is 25.7 Å². The van der Waals surface area contributed by atoms with Crippen LogP contribution in [0.15, 0.2) is 0 Å². The van der Waals surface area contributed by atoms with Crippen molar-refractivity contribution in [3.63, 3.8) is 0 Å². The van der Waals surface area contributed by atoms with Gasteiger partial charge in [-0.2, -0.15) is 0 Å². The lowest BCUT2D eigenvalue weighted by Crippen LogP contribution is -2.35. The minimum atomic E-state index is -0.124. The highest BCUT2D eigenvalue weighted by molar-refractivity contribution is 5.77. The predicted octanol–water partition coefficient (Wildman–Crippen LogP) is -0.388. The van der Waals surface area contributed by atoms with E-state index in [1.807, 2.05) is 0 Å². The standard InChI is InChI=1S/C9H18N2O2/c10-5-9(13)11-6-7-1-3-8(12)4-2-7/h7-8,12H,1-6,10H2,(H,11,13). The van der Waals surface area contributed by atoms with Gasteiger partial charge in [0.2, 0.25) is 5.91 Å². The van der Waals surface area contributed by atoms with Crippen LogP contribution in [0, 0.1) is 5.92 Å². The molecule has 76 valence electrons. The molecule has 13 heavy (non-hydrogen) atoms. The fourth-order valence-electron chi connectivity index (χ4n) is 1.68. The minimum Gasteiger partial charge on any atom is -0.393 e. The van der Waals surface area contributed by atoms with Crippen LogP contribution in [0.4, 0.5) is 0 Å². The van der Waals surface area contributed by atoms with Gasteiger partial charge >= 0.3 is 0 Å². The Bertz CT molecular complexity index is 165. The van der Waals surface area contributed by atoms with Gasteiger partial charge in [0, 0.05) is 6.54 Å². The van der Waals surface area contributed by atoms with Crippen molar-refractivity contribution in [3.05, 3.63) is 0 Å². The van der Waals surface area contributed by atoms with Crippen LogP contribution in [0.2, 0.25) is 0 Å². The van der Waals surface area contributed by atoms with Crippen molar-refractivity contribution < 1.29 is 9.90 Å². The molecule has 0 saturated heterocycles. The Morgan fingerprint density at radius 3 is 2.54 bits per heavy atom. The molecule has 0 heterocycles. The van der Waals surface area contributed by atoms with Crippen molar-refractivity contribution in [2.75, 3.05) is 13.1 Å². The lowest BCUT2D eigenvalue weighted by atomic mass is 9.87. The highest BCUT2D eigenvalue weighted by Crippen LogP contribution is 2.23. The van der Waals surface area contributed by atoms with E-state index in [1.165, 1.54) is 0 Å². The van der Waals surface area contributed by atoms with E-state index >= 15 is 0 Å². The number of aliphatic hydroxyl groups excluding tert-OH is 1. The summed E-state index contributed by atoms with van der Waals surface area (Å²) in [6.07, 6.45) is 3.62. The van der Waals surface area contributed by atoms with E-state index in [0.29, 0.717) is 12.5 Å². The first-order chi connectivity index (χ1) is 6.22. The Balaban J connectivity index is 2.12. The number of hydrogen-bond donors (Lipinski definition) is 3. The van der Waals surface area contributed by atoms with Crippen molar-refractivity contribution in [1.29, 1.82) is 0 Å². The van der Waals surface area contributed by atoms with Crippen LogP contribution >= 0.6 is 0 Å². The van der Waals surface area contributed by atoms with Crippen LogP contribution < -0.4 is 11.1 Å². The van der Waals surface area contributed by atoms with Gasteiger partial charge in [0.05, 0.1) is 12.6 Å². The molecular weight excluding hydrogens is 168 g/mol. The molecule has 1 amide bonds. The molecule has 4 N–H and O–H groups in total. The average Bonchev–Trinajstić information content (AvgIpc) is 2.16. The summed E-state index contributed by atoms with van der Waals surface area (Å²) in [4.78, 5) is 10.8. The van der Waals surface area contributed by atoms with Crippen molar-refractivity contribution in [1.82, 2.24) is 5.32 Å². The minimum absolute atomic E-state index is 0.0648. The van der Waals surface area contributed by atoms with Crippen LogP contribution in [0.25, 0.3) is 0 Å². The Labute approximate surface area is 78.5 Å². The number of carbonyl (C=O) groups excluding carboxylic acids is 1. The molecule has 1 saturated carbocycles. The summed E-state index contributed by atoms with van der Waals surface area (Å²) in [5, 5.41) is 12.0. The van der Waals surface area contributed by atoms with Gasteiger partial charge in [-0.15, -0.1) is 0 Å². The van der Waals surface area contributed by atoms with Gasteiger partial charge in [-0.3, -0.25) is 4.79 Å². The van der Waals surface area contributed by atoms with Gasteiger partial charge in [0.25, 0.3) is 0 Å². The summed E-state index contributed by atoms with van der Waals surface area (Å²) < 4.78 is 0. The second-order valence-electron chi connectivity index (χ2n) is 3.68. The topological polar surface area (TPSA) is 75.4 Å². The molecule has 0 radical (unpaired) electrons. The summed E-state index contributed by atoms with van der Waals surface area (Å²) in [6.45, 7) is 0.776. The second kappa shape index (κ2) is 5.19. The first-order valence-corrected chi connectivity index (χ1v) is 4.87. The summed E-state index contributed by atoms with van der Waals surface area (Å²) >= 11 is 0. The number of nitrogens with two attached hydrogens (primary N) is 1. The van der Waals surface area contributed by atoms with Gasteiger partial charge in [0.1, 0.15) is 0 Å². The number of nitrogens with one attached hydrogen (secondary N) is 1. The molecule has 0 bridgehead atoms. The van der Waals surface area contributed by atoms with Crippen LogP contribution in [0.5, 0.6) is 0 Å². The molecule has 0 aromatic carbocycles. The molecule has 0 unspecified atom stereocenters. The predicted molar refractivity (Wildman–Crippen MR) is 50.0 cm³/mol. The van der Waals surface area contributed by atoms with E-state index in [9.17, 15) is 9.90 Å². The average molecular weight is 186 g/mol. The SMILES string of the molecule is NCC(=O)NCC1CCC(O)CC1. The number of carbonyl (C=O) groups is 1. The molecule has 1 rings (SSSR count). The van der Waals surface area contributed by atoms with Crippen molar-refractivity contribution in [3.8, 4) is 0 Å². The highest BCUT2D eigenvalue weighted by atomic mass is 16.3. The van der Waals surface area contributed by atoms with Gasteiger partial charge < -0.3 is 16.2 Å². The van der Waals surface area contributed by atoms with Gasteiger partial charge in [-0.1, -0.05) is 0 Å². The molecule has 0 spiro atoms. The van der Waals surface area contributed by atoms with Crippen molar-refractivity contribution in [2.24, 2.45) is 11.7 Å². The Morgan fingerprint density at radius 2 is 2.00 bits per heavy atom. The van der Waals surface area contributed by atoms with E-state index in [0.717, 1.165) is 25.7 Å². The third-order valence-electron chi connectivity index (χ3n) is 2.59. The van der Waals surface area contributed by atoms with E-state index < -0.39 is 0 Å². The zero-order chi connectivity index (χ0) is 9.68. The summed E-state index contributed by atoms with van der Waals surface area (Å²) in [6, 6.07) is 0. The van der Waals surface area contributed by atoms with Gasteiger partial charge in [-0.05, 0) is 31.6 Å². The summed E-state index contributed by atoms with van der Waals surface area (Å²) in [5.74, 6) is 0.435. The fraction of sp³-hybridized carbons (Fsp3) is 0.889. The maximum Gasteiger partial charge on any atom is 0.233 e. The largest absolute Gasteiger partial charge is 0.393 e. The lowest BCUT2D eigenvalue weighted by Gasteiger charge is -2.25. The Hall–Kier alpha value is -0.610. The monoisotopic (exact) mass is 186 g/mol. The normalized spacial score (nSPS) is 28.5. The number of amides is 1. The fourth-order valence-corrected chi connectivity index (χ4v) is 1.68. The van der Waals surface area contributed by atoms with E-state index in [2.05, 4.69) is 5.32 Å². The number of aliphatic hydroxyl groups is 1. The zero-order valence-corrected chi connectivity index (χ0v) is 7.83. The molecule has 0 atom stereocenters. The third-order valence-corrected chi connectivity index (χ3v) is 2.59. The summed E-state index contributed by atoms with van der Waals surface area (Å²) in [7, 11) is 0. The quantitative estimate of drug-likeness (QED) is 0.562. The molecule has 1 aliphatic carbocycles. The molecule has 1 fully saturated rings. The first-order valence-electron chi connectivity index (χ1n) is 4.87. The van der Waals surface area contributed by atoms with Gasteiger partial charge in [-0.25, -0.2) is 0 Å². The molecule has 4 nitrogen and oxygen atoms in total. The highest BCUT2D eigenvalue weighted by Gasteiger charge is 2.19. The molecule has 0 aromatic rings. The number of rotatable bonds is 3. The van der Waals surface area contributed by atoms with E-state index in [1.54, 1.807) is 0 Å². The first kappa shape index (κ1) is 10.5. The van der Waals surface area contributed by atoms with Crippen LogP contribution in [-0.4, -0.2) is 30.2 Å². The van der Waals surface area contributed by atoms with Crippen LogP contribution in [-0.2, 0) is 4.79 Å². The maximum atomic E-state index is 10.8.